The summed E-state index contributed by atoms with van der Waals surface area (Å²) in [5.74, 6) is 1.69. The molecule has 0 saturated heterocycles. The average Bonchev–Trinajstić information content (AvgIpc) is 2.84. The summed E-state index contributed by atoms with van der Waals surface area (Å²) in [5.41, 5.74) is 3.85. The fourth-order valence-electron chi connectivity index (χ4n) is 3.51. The number of carbonyl (C=O) groups excluding carboxylic acids is 1. The van der Waals surface area contributed by atoms with Gasteiger partial charge in [-0.2, -0.15) is 0 Å². The quantitative estimate of drug-likeness (QED) is 0.147. The number of aryl methyl sites for hydroxylation is 1. The Hall–Kier alpha value is -3.09. The van der Waals surface area contributed by atoms with E-state index in [4.69, 9.17) is 16.3 Å². The van der Waals surface area contributed by atoms with Gasteiger partial charge in [0.2, 0.25) is 0 Å². The molecule has 3 aromatic carbocycles. The molecule has 1 heterocycles. The number of carbonyl (C=O) groups is 1. The fraction of sp³-hybridized carbons (Fsp3) is 0.192. The highest BCUT2D eigenvalue weighted by Gasteiger charge is 2.12. The predicted molar refractivity (Wildman–Crippen MR) is 134 cm³/mol. The lowest BCUT2D eigenvalue weighted by Crippen LogP contribution is -2.20. The summed E-state index contributed by atoms with van der Waals surface area (Å²) >= 11 is 7.12. The van der Waals surface area contributed by atoms with Crippen LogP contribution in [0, 0.1) is 6.92 Å². The fourth-order valence-corrected chi connectivity index (χ4v) is 4.52. The molecule has 0 spiro atoms. The van der Waals surface area contributed by atoms with Crippen LogP contribution < -0.4 is 10.3 Å². The third kappa shape index (κ3) is 5.13. The molecule has 0 aliphatic carbocycles. The number of halogens is 1. The Bertz CT molecular complexity index is 1350. The maximum Gasteiger partial charge on any atom is 0.262 e. The SMILES string of the molecule is Cc1cccc2nc(SCc3ccc(C(=O)c4ccc(OCCCl)cc4)cc3)n(C)c(=O)c12. The molecule has 1 aromatic heterocycles. The summed E-state index contributed by atoms with van der Waals surface area (Å²) in [6.07, 6.45) is 0. The smallest absolute Gasteiger partial charge is 0.262 e. The Morgan fingerprint density at radius 1 is 1.03 bits per heavy atom. The molecule has 4 rings (SSSR count). The van der Waals surface area contributed by atoms with Crippen LogP contribution in [0.25, 0.3) is 10.9 Å². The van der Waals surface area contributed by atoms with Gasteiger partial charge < -0.3 is 4.74 Å². The molecule has 0 N–H and O–H groups in total. The number of hydrogen-bond donors (Lipinski definition) is 0. The second-order valence-electron chi connectivity index (χ2n) is 7.60. The molecule has 0 fully saturated rings. The lowest BCUT2D eigenvalue weighted by molar-refractivity contribution is 0.103. The summed E-state index contributed by atoms with van der Waals surface area (Å²) < 4.78 is 7.04. The summed E-state index contributed by atoms with van der Waals surface area (Å²) in [5, 5.41) is 1.32. The van der Waals surface area contributed by atoms with E-state index in [1.54, 1.807) is 35.9 Å². The molecule has 33 heavy (non-hydrogen) atoms. The first kappa shape index (κ1) is 23.1. The van der Waals surface area contributed by atoms with E-state index in [0.29, 0.717) is 51.2 Å². The third-order valence-corrected chi connectivity index (χ3v) is 6.57. The number of hydrogen-bond acceptors (Lipinski definition) is 5. The van der Waals surface area contributed by atoms with Crippen molar-refractivity contribution in [3.8, 4) is 5.75 Å². The number of aromatic nitrogens is 2. The Morgan fingerprint density at radius 2 is 1.70 bits per heavy atom. The number of rotatable bonds is 8. The van der Waals surface area contributed by atoms with Crippen molar-refractivity contribution in [2.75, 3.05) is 12.5 Å². The number of nitrogens with zero attached hydrogens (tertiary/aromatic N) is 2. The van der Waals surface area contributed by atoms with Gasteiger partial charge in [-0.05, 0) is 48.4 Å². The first-order chi connectivity index (χ1) is 16.0. The second kappa shape index (κ2) is 10.2. The van der Waals surface area contributed by atoms with Crippen molar-refractivity contribution in [1.29, 1.82) is 0 Å². The second-order valence-corrected chi connectivity index (χ2v) is 8.92. The van der Waals surface area contributed by atoms with Crippen LogP contribution >= 0.6 is 23.4 Å². The Balaban J connectivity index is 1.45. The Kier molecular flexibility index (Phi) is 7.16. The minimum Gasteiger partial charge on any atom is -0.492 e. The number of thioether (sulfide) groups is 1. The topological polar surface area (TPSA) is 61.2 Å². The monoisotopic (exact) mass is 478 g/mol. The van der Waals surface area contributed by atoms with Gasteiger partial charge in [-0.15, -0.1) is 11.6 Å². The number of benzene rings is 3. The molecule has 0 unspecified atom stereocenters. The maximum absolute atomic E-state index is 12.8. The van der Waals surface area contributed by atoms with Crippen LogP contribution in [0.5, 0.6) is 5.75 Å². The Morgan fingerprint density at radius 3 is 2.36 bits per heavy atom. The maximum atomic E-state index is 12.8. The van der Waals surface area contributed by atoms with Gasteiger partial charge in [-0.3, -0.25) is 14.2 Å². The molecule has 5 nitrogen and oxygen atoms in total. The zero-order valence-electron chi connectivity index (χ0n) is 18.4. The van der Waals surface area contributed by atoms with Crippen molar-refractivity contribution in [3.63, 3.8) is 0 Å². The predicted octanol–water partition coefficient (Wildman–Crippen LogP) is 5.38. The number of fused-ring (bicyclic) bond motifs is 1. The summed E-state index contributed by atoms with van der Waals surface area (Å²) in [4.78, 5) is 30.2. The zero-order valence-corrected chi connectivity index (χ0v) is 19.9. The van der Waals surface area contributed by atoms with E-state index < -0.39 is 0 Å². The molecule has 0 saturated carbocycles. The van der Waals surface area contributed by atoms with Crippen LogP contribution in [0.4, 0.5) is 0 Å². The zero-order chi connectivity index (χ0) is 23.4. The van der Waals surface area contributed by atoms with Crippen molar-refractivity contribution in [1.82, 2.24) is 9.55 Å². The van der Waals surface area contributed by atoms with Crippen molar-refractivity contribution >= 4 is 40.0 Å². The van der Waals surface area contributed by atoms with E-state index in [1.807, 2.05) is 49.4 Å². The summed E-state index contributed by atoms with van der Waals surface area (Å²) in [6, 6.07) is 20.3. The van der Waals surface area contributed by atoms with Gasteiger partial charge in [0, 0.05) is 23.9 Å². The molecular weight excluding hydrogens is 456 g/mol. The molecule has 0 atom stereocenters. The third-order valence-electron chi connectivity index (χ3n) is 5.32. The van der Waals surface area contributed by atoms with Crippen LogP contribution in [0.2, 0.25) is 0 Å². The highest BCUT2D eigenvalue weighted by molar-refractivity contribution is 7.98. The first-order valence-electron chi connectivity index (χ1n) is 10.5. The van der Waals surface area contributed by atoms with Crippen molar-refractivity contribution in [3.05, 3.63) is 99.3 Å². The molecule has 168 valence electrons. The minimum absolute atomic E-state index is 0.0411. The molecule has 0 bridgehead atoms. The number of alkyl halides is 1. The van der Waals surface area contributed by atoms with Gasteiger partial charge >= 0.3 is 0 Å². The molecule has 4 aromatic rings. The largest absolute Gasteiger partial charge is 0.492 e. The molecule has 0 aliphatic rings. The highest BCUT2D eigenvalue weighted by atomic mass is 35.5. The van der Waals surface area contributed by atoms with Crippen LogP contribution in [0.1, 0.15) is 27.0 Å². The van der Waals surface area contributed by atoms with Gasteiger partial charge in [0.05, 0.1) is 16.8 Å². The van der Waals surface area contributed by atoms with Crippen LogP contribution in [0.3, 0.4) is 0 Å². The van der Waals surface area contributed by atoms with Gasteiger partial charge in [0.15, 0.2) is 10.9 Å². The van der Waals surface area contributed by atoms with E-state index in [0.717, 1.165) is 11.1 Å². The van der Waals surface area contributed by atoms with Crippen molar-refractivity contribution in [2.45, 2.75) is 17.8 Å². The number of ketones is 1. The standard InChI is InChI=1S/C26H23ClN2O3S/c1-17-4-3-5-22-23(17)25(31)29(2)26(28-22)33-16-18-6-8-19(9-7-18)24(30)20-10-12-21(13-11-20)32-15-14-27/h3-13H,14-16H2,1-2H3. The van der Waals surface area contributed by atoms with Gasteiger partial charge in [0.25, 0.3) is 5.56 Å². The molecule has 0 aliphatic heterocycles. The van der Waals surface area contributed by atoms with Gasteiger partial charge in [-0.1, -0.05) is 48.2 Å². The highest BCUT2D eigenvalue weighted by Crippen LogP contribution is 2.23. The minimum atomic E-state index is -0.0490. The van der Waals surface area contributed by atoms with E-state index in [9.17, 15) is 9.59 Å². The summed E-state index contributed by atoms with van der Waals surface area (Å²) in [7, 11) is 1.75. The lowest BCUT2D eigenvalue weighted by atomic mass is 10.0. The summed E-state index contributed by atoms with van der Waals surface area (Å²) in [6.45, 7) is 2.35. The lowest BCUT2D eigenvalue weighted by Gasteiger charge is -2.10. The Labute approximate surface area is 201 Å². The molecular formula is C26H23ClN2O3S. The average molecular weight is 479 g/mol. The van der Waals surface area contributed by atoms with Crippen LogP contribution in [-0.2, 0) is 12.8 Å². The van der Waals surface area contributed by atoms with Crippen LogP contribution in [-0.4, -0.2) is 27.8 Å². The van der Waals surface area contributed by atoms with Crippen LogP contribution in [0.15, 0.2) is 76.7 Å². The molecule has 0 amide bonds. The van der Waals surface area contributed by atoms with E-state index in [1.165, 1.54) is 11.8 Å². The molecule has 7 heteroatoms. The van der Waals surface area contributed by atoms with E-state index >= 15 is 0 Å². The van der Waals surface area contributed by atoms with Gasteiger partial charge in [-0.25, -0.2) is 4.98 Å². The van der Waals surface area contributed by atoms with E-state index in [-0.39, 0.29) is 11.3 Å². The van der Waals surface area contributed by atoms with Crippen molar-refractivity contribution in [2.24, 2.45) is 7.05 Å². The first-order valence-corrected chi connectivity index (χ1v) is 12.0. The number of ether oxygens (including phenoxy) is 1. The van der Waals surface area contributed by atoms with E-state index in [2.05, 4.69) is 4.98 Å². The van der Waals surface area contributed by atoms with Crippen molar-refractivity contribution < 1.29 is 9.53 Å². The van der Waals surface area contributed by atoms with Gasteiger partial charge in [0.1, 0.15) is 12.4 Å². The normalized spacial score (nSPS) is 11.0. The molecule has 0 radical (unpaired) electrons.